The summed E-state index contributed by atoms with van der Waals surface area (Å²) in [6.45, 7) is 15.5. The van der Waals surface area contributed by atoms with Gasteiger partial charge in [-0.05, 0) is 26.1 Å². The summed E-state index contributed by atoms with van der Waals surface area (Å²) in [4.78, 5) is 8.40. The molecule has 2 heteroatoms. The van der Waals surface area contributed by atoms with Crippen LogP contribution < -0.4 is 0 Å². The van der Waals surface area contributed by atoms with Crippen LogP contribution in [0.25, 0.3) is 0 Å². The third kappa shape index (κ3) is 6.94. The van der Waals surface area contributed by atoms with Gasteiger partial charge >= 0.3 is 0 Å². The van der Waals surface area contributed by atoms with Gasteiger partial charge in [0.25, 0.3) is 0 Å². The van der Waals surface area contributed by atoms with E-state index in [0.717, 1.165) is 11.1 Å². The van der Waals surface area contributed by atoms with E-state index in [0.29, 0.717) is 12.4 Å². The van der Waals surface area contributed by atoms with Crippen molar-refractivity contribution in [3.8, 4) is 0 Å². The Bertz CT molecular complexity index is 458. The van der Waals surface area contributed by atoms with Crippen LogP contribution in [0.15, 0.2) is 82.9 Å². The standard InChI is InChI=1S/C17H22N2/c1-6-10-13-16(9-4)17(18-5)19-14-15(11-7-2)12-8-3/h6-13H,2,4-5,14H2,1,3H3/b10-6-,12-8-,15-11+,16-13+,19-17-. The number of amidine groups is 1. The third-order valence-electron chi connectivity index (χ3n) is 2.22. The van der Waals surface area contributed by atoms with Gasteiger partial charge in [-0.25, -0.2) is 4.99 Å². The molecule has 19 heavy (non-hydrogen) atoms. The first-order valence-corrected chi connectivity index (χ1v) is 6.14. The van der Waals surface area contributed by atoms with E-state index in [1.54, 1.807) is 12.2 Å². The Labute approximate surface area is 116 Å². The molecule has 100 valence electrons. The molecule has 0 unspecified atom stereocenters. The van der Waals surface area contributed by atoms with E-state index in [4.69, 9.17) is 0 Å². The number of aliphatic imine (C=N–C) groups is 2. The van der Waals surface area contributed by atoms with E-state index < -0.39 is 0 Å². The van der Waals surface area contributed by atoms with Crippen molar-refractivity contribution in [1.82, 2.24) is 0 Å². The summed E-state index contributed by atoms with van der Waals surface area (Å²) >= 11 is 0. The minimum atomic E-state index is 0.533. The Morgan fingerprint density at radius 2 is 1.84 bits per heavy atom. The first kappa shape index (κ1) is 16.8. The summed E-state index contributed by atoms with van der Waals surface area (Å²) in [6, 6.07) is 0. The van der Waals surface area contributed by atoms with Crippen LogP contribution in [0.3, 0.4) is 0 Å². The zero-order chi connectivity index (χ0) is 14.5. The average Bonchev–Trinajstić information content (AvgIpc) is 2.42. The lowest BCUT2D eigenvalue weighted by Crippen LogP contribution is -1.99. The highest BCUT2D eigenvalue weighted by Gasteiger charge is 2.00. The highest BCUT2D eigenvalue weighted by atomic mass is 14.9. The second-order valence-corrected chi connectivity index (χ2v) is 3.63. The summed E-state index contributed by atoms with van der Waals surface area (Å²) in [7, 11) is 0. The molecule has 0 aliphatic heterocycles. The molecule has 0 N–H and O–H groups in total. The van der Waals surface area contributed by atoms with Crippen LogP contribution in [0.2, 0.25) is 0 Å². The second kappa shape index (κ2) is 10.9. The van der Waals surface area contributed by atoms with Gasteiger partial charge in [0.2, 0.25) is 0 Å². The van der Waals surface area contributed by atoms with Crippen LogP contribution in [-0.4, -0.2) is 19.1 Å². The predicted molar refractivity (Wildman–Crippen MR) is 88.0 cm³/mol. The normalized spacial score (nSPS) is 14.1. The van der Waals surface area contributed by atoms with Gasteiger partial charge in [-0.1, -0.05) is 61.8 Å². The molecule has 0 rings (SSSR count). The van der Waals surface area contributed by atoms with Crippen LogP contribution in [0.5, 0.6) is 0 Å². The molecule has 0 fully saturated rings. The summed E-state index contributed by atoms with van der Waals surface area (Å²) in [5.74, 6) is 0.590. The van der Waals surface area contributed by atoms with Gasteiger partial charge in [-0.15, -0.1) is 0 Å². The van der Waals surface area contributed by atoms with Crippen LogP contribution in [0.4, 0.5) is 0 Å². The third-order valence-corrected chi connectivity index (χ3v) is 2.22. The van der Waals surface area contributed by atoms with Crippen molar-refractivity contribution in [3.63, 3.8) is 0 Å². The lowest BCUT2D eigenvalue weighted by Gasteiger charge is -2.02. The molecule has 0 bridgehead atoms. The van der Waals surface area contributed by atoms with Crippen molar-refractivity contribution in [2.75, 3.05) is 6.54 Å². The van der Waals surface area contributed by atoms with Crippen molar-refractivity contribution in [2.24, 2.45) is 9.98 Å². The van der Waals surface area contributed by atoms with E-state index in [1.165, 1.54) is 0 Å². The van der Waals surface area contributed by atoms with Crippen molar-refractivity contribution >= 4 is 12.6 Å². The Kier molecular flexibility index (Phi) is 9.63. The maximum Gasteiger partial charge on any atom is 0.154 e. The maximum absolute atomic E-state index is 4.45. The molecule has 0 aromatic carbocycles. The maximum atomic E-state index is 4.45. The lowest BCUT2D eigenvalue weighted by atomic mass is 10.2. The van der Waals surface area contributed by atoms with E-state index in [-0.39, 0.29) is 0 Å². The number of hydrogen-bond acceptors (Lipinski definition) is 1. The SMILES string of the molecule is C=C/C=C(\C=C/C)C/N=C(N=C)/C(C=C)=C/C=C\C. The second-order valence-electron chi connectivity index (χ2n) is 3.63. The zero-order valence-corrected chi connectivity index (χ0v) is 11.8. The molecular weight excluding hydrogens is 232 g/mol. The molecule has 0 saturated carbocycles. The quantitative estimate of drug-likeness (QED) is 0.364. The van der Waals surface area contributed by atoms with Crippen molar-refractivity contribution in [3.05, 3.63) is 72.9 Å². The van der Waals surface area contributed by atoms with E-state index in [9.17, 15) is 0 Å². The highest BCUT2D eigenvalue weighted by molar-refractivity contribution is 6.03. The summed E-state index contributed by atoms with van der Waals surface area (Å²) < 4.78 is 0. The first-order valence-electron chi connectivity index (χ1n) is 6.14. The average molecular weight is 254 g/mol. The van der Waals surface area contributed by atoms with Gasteiger partial charge in [0.15, 0.2) is 5.84 Å². The molecule has 0 saturated heterocycles. The molecule has 0 radical (unpaired) electrons. The summed E-state index contributed by atoms with van der Waals surface area (Å²) in [5.41, 5.74) is 1.92. The van der Waals surface area contributed by atoms with Crippen LogP contribution in [0, 0.1) is 0 Å². The number of allylic oxidation sites excluding steroid dienone is 6. The summed E-state index contributed by atoms with van der Waals surface area (Å²) in [5, 5.41) is 0. The predicted octanol–water partition coefficient (Wildman–Crippen LogP) is 4.46. The number of hydrogen-bond donors (Lipinski definition) is 0. The molecule has 0 amide bonds. The topological polar surface area (TPSA) is 24.7 Å². The molecule has 0 aromatic heterocycles. The fraction of sp³-hybridized carbons (Fsp3) is 0.176. The van der Waals surface area contributed by atoms with Gasteiger partial charge < -0.3 is 0 Å². The monoisotopic (exact) mass is 254 g/mol. The minimum absolute atomic E-state index is 0.533. The van der Waals surface area contributed by atoms with Gasteiger partial charge in [-0.2, -0.15) is 0 Å². The molecular formula is C17H22N2. The first-order chi connectivity index (χ1) is 9.23. The van der Waals surface area contributed by atoms with Crippen LogP contribution >= 0.6 is 0 Å². The smallest absolute Gasteiger partial charge is 0.154 e. The molecule has 2 nitrogen and oxygen atoms in total. The number of nitrogens with zero attached hydrogens (tertiary/aromatic N) is 2. The van der Waals surface area contributed by atoms with Gasteiger partial charge in [0.1, 0.15) is 0 Å². The van der Waals surface area contributed by atoms with E-state index in [2.05, 4.69) is 29.9 Å². The Hall–Kier alpha value is -2.22. The van der Waals surface area contributed by atoms with Crippen molar-refractivity contribution in [2.45, 2.75) is 13.8 Å². The van der Waals surface area contributed by atoms with Crippen LogP contribution in [0.1, 0.15) is 13.8 Å². The molecule has 0 aliphatic rings. The van der Waals surface area contributed by atoms with Crippen molar-refractivity contribution in [1.29, 1.82) is 0 Å². The Morgan fingerprint density at radius 1 is 1.11 bits per heavy atom. The van der Waals surface area contributed by atoms with Gasteiger partial charge in [0, 0.05) is 5.57 Å². The lowest BCUT2D eigenvalue weighted by molar-refractivity contribution is 1.17. The van der Waals surface area contributed by atoms with Gasteiger partial charge in [-0.3, -0.25) is 4.99 Å². The molecule has 0 aromatic rings. The van der Waals surface area contributed by atoms with Crippen LogP contribution in [-0.2, 0) is 0 Å². The number of rotatable bonds is 7. The molecule has 0 atom stereocenters. The van der Waals surface area contributed by atoms with Gasteiger partial charge in [0.05, 0.1) is 6.54 Å². The minimum Gasteiger partial charge on any atom is -0.261 e. The largest absolute Gasteiger partial charge is 0.261 e. The fourth-order valence-electron chi connectivity index (χ4n) is 1.36. The Morgan fingerprint density at radius 3 is 2.32 bits per heavy atom. The molecule has 0 heterocycles. The van der Waals surface area contributed by atoms with E-state index in [1.807, 2.05) is 50.3 Å². The zero-order valence-electron chi connectivity index (χ0n) is 11.8. The molecule has 0 aliphatic carbocycles. The Balaban J connectivity index is 5.18. The van der Waals surface area contributed by atoms with Crippen molar-refractivity contribution < 1.29 is 0 Å². The molecule has 0 spiro atoms. The van der Waals surface area contributed by atoms with E-state index >= 15 is 0 Å². The highest BCUT2D eigenvalue weighted by Crippen LogP contribution is 2.05. The fourth-order valence-corrected chi connectivity index (χ4v) is 1.36. The summed E-state index contributed by atoms with van der Waals surface area (Å²) in [6.07, 6.45) is 15.1.